The van der Waals surface area contributed by atoms with Crippen molar-refractivity contribution in [3.63, 3.8) is 0 Å². The second-order valence-corrected chi connectivity index (χ2v) is 8.60. The number of likely N-dealkylation sites (N-methyl/N-ethyl adjacent to an activating group) is 1. The maximum Gasteiger partial charge on any atom is 0.237 e. The van der Waals surface area contributed by atoms with Gasteiger partial charge in [0.05, 0.1) is 10.6 Å². The molecule has 0 radical (unpaired) electrons. The van der Waals surface area contributed by atoms with E-state index in [1.165, 1.54) is 35.2 Å². The van der Waals surface area contributed by atoms with E-state index in [4.69, 9.17) is 0 Å². The number of sulfone groups is 1. The summed E-state index contributed by atoms with van der Waals surface area (Å²) in [5.41, 5.74) is 0.662. The van der Waals surface area contributed by atoms with E-state index in [-0.39, 0.29) is 17.1 Å². The molecular formula is C19H19FN2O4S. The van der Waals surface area contributed by atoms with Crippen molar-refractivity contribution in [2.24, 2.45) is 5.92 Å². The van der Waals surface area contributed by atoms with Gasteiger partial charge >= 0.3 is 0 Å². The van der Waals surface area contributed by atoms with Crippen molar-refractivity contribution in [1.82, 2.24) is 4.90 Å². The summed E-state index contributed by atoms with van der Waals surface area (Å²) in [6, 6.07) is 11.8. The Kier molecular flexibility index (Phi) is 5.01. The van der Waals surface area contributed by atoms with Crippen molar-refractivity contribution in [3.05, 3.63) is 59.9 Å². The van der Waals surface area contributed by atoms with Gasteiger partial charge in [0.1, 0.15) is 11.7 Å². The van der Waals surface area contributed by atoms with E-state index < -0.39 is 39.3 Å². The lowest BCUT2D eigenvalue weighted by molar-refractivity contribution is -0.135. The molecule has 142 valence electrons. The minimum atomic E-state index is -3.56. The number of para-hydroxylation sites is 1. The summed E-state index contributed by atoms with van der Waals surface area (Å²) in [5.74, 6) is -3.04. The highest BCUT2D eigenvalue weighted by molar-refractivity contribution is 7.90. The molecule has 1 heterocycles. The van der Waals surface area contributed by atoms with Crippen LogP contribution >= 0.6 is 0 Å². The first-order valence-corrected chi connectivity index (χ1v) is 10.2. The maximum absolute atomic E-state index is 13.6. The van der Waals surface area contributed by atoms with E-state index in [1.807, 2.05) is 0 Å². The van der Waals surface area contributed by atoms with E-state index in [0.717, 1.165) is 6.26 Å². The summed E-state index contributed by atoms with van der Waals surface area (Å²) >= 11 is 0. The number of anilines is 1. The predicted molar refractivity (Wildman–Crippen MR) is 98.4 cm³/mol. The number of halogens is 1. The summed E-state index contributed by atoms with van der Waals surface area (Å²) in [7, 11) is -1.98. The Morgan fingerprint density at radius 2 is 1.89 bits per heavy atom. The molecule has 1 aliphatic rings. The topological polar surface area (TPSA) is 83.6 Å². The molecule has 6 nitrogen and oxygen atoms in total. The van der Waals surface area contributed by atoms with Crippen molar-refractivity contribution in [1.29, 1.82) is 0 Å². The monoisotopic (exact) mass is 390 g/mol. The van der Waals surface area contributed by atoms with Gasteiger partial charge in [0.2, 0.25) is 11.8 Å². The molecule has 1 fully saturated rings. The summed E-state index contributed by atoms with van der Waals surface area (Å²) in [6.07, 6.45) is 1.04. The maximum atomic E-state index is 13.6. The zero-order valence-corrected chi connectivity index (χ0v) is 15.7. The van der Waals surface area contributed by atoms with Gasteiger partial charge in [-0.25, -0.2) is 12.8 Å². The van der Waals surface area contributed by atoms with Gasteiger partial charge in [-0.15, -0.1) is 0 Å². The number of benzene rings is 2. The highest BCUT2D eigenvalue weighted by atomic mass is 32.2. The molecule has 2 amide bonds. The Bertz CT molecular complexity index is 1010. The van der Waals surface area contributed by atoms with Gasteiger partial charge in [-0.05, 0) is 29.8 Å². The molecule has 2 atom stereocenters. The molecule has 3 rings (SSSR count). The van der Waals surface area contributed by atoms with Crippen molar-refractivity contribution >= 4 is 27.3 Å². The summed E-state index contributed by atoms with van der Waals surface area (Å²) in [6.45, 7) is 0.272. The quantitative estimate of drug-likeness (QED) is 0.810. The summed E-state index contributed by atoms with van der Waals surface area (Å²) < 4.78 is 37.5. The van der Waals surface area contributed by atoms with Crippen molar-refractivity contribution in [2.45, 2.75) is 10.8 Å². The smallest absolute Gasteiger partial charge is 0.237 e. The Hall–Kier alpha value is -2.74. The van der Waals surface area contributed by atoms with E-state index in [1.54, 1.807) is 25.2 Å². The molecule has 2 aromatic rings. The Morgan fingerprint density at radius 3 is 2.56 bits per heavy atom. The molecule has 1 N–H and O–H groups in total. The molecule has 0 unspecified atom stereocenters. The average molecular weight is 390 g/mol. The van der Waals surface area contributed by atoms with Crippen LogP contribution in [0.15, 0.2) is 53.4 Å². The van der Waals surface area contributed by atoms with E-state index in [9.17, 15) is 22.4 Å². The fourth-order valence-electron chi connectivity index (χ4n) is 3.33. The van der Waals surface area contributed by atoms with Crippen LogP contribution in [0.25, 0.3) is 0 Å². The van der Waals surface area contributed by atoms with Gasteiger partial charge in [-0.1, -0.05) is 24.3 Å². The summed E-state index contributed by atoms with van der Waals surface area (Å²) in [4.78, 5) is 26.8. The first-order valence-electron chi connectivity index (χ1n) is 8.29. The molecule has 0 spiro atoms. The van der Waals surface area contributed by atoms with E-state index in [0.29, 0.717) is 5.56 Å². The molecule has 27 heavy (non-hydrogen) atoms. The number of nitrogens with zero attached hydrogens (tertiary/aromatic N) is 1. The lowest BCUT2D eigenvalue weighted by atomic mass is 9.88. The normalized spacial score (nSPS) is 20.0. The largest absolute Gasteiger partial charge is 0.344 e. The third-order valence-corrected chi connectivity index (χ3v) is 5.77. The van der Waals surface area contributed by atoms with Gasteiger partial charge < -0.3 is 10.2 Å². The molecule has 0 aromatic heterocycles. The van der Waals surface area contributed by atoms with Crippen LogP contribution in [0.2, 0.25) is 0 Å². The number of amides is 2. The van der Waals surface area contributed by atoms with Crippen LogP contribution in [0.4, 0.5) is 10.1 Å². The second kappa shape index (κ2) is 7.11. The number of carbonyl (C=O) groups excluding carboxylic acids is 2. The lowest BCUT2D eigenvalue weighted by Crippen LogP contribution is -2.33. The molecule has 0 aliphatic carbocycles. The lowest BCUT2D eigenvalue weighted by Gasteiger charge is -2.18. The fraction of sp³-hybridized carbons (Fsp3) is 0.263. The molecule has 2 aromatic carbocycles. The Labute approximate surface area is 156 Å². The molecular weight excluding hydrogens is 371 g/mol. The van der Waals surface area contributed by atoms with Crippen LogP contribution in [0.5, 0.6) is 0 Å². The fourth-order valence-corrected chi connectivity index (χ4v) is 4.18. The van der Waals surface area contributed by atoms with E-state index in [2.05, 4.69) is 5.32 Å². The van der Waals surface area contributed by atoms with Crippen LogP contribution < -0.4 is 5.32 Å². The van der Waals surface area contributed by atoms with Gasteiger partial charge in [0, 0.05) is 25.8 Å². The number of hydrogen-bond acceptors (Lipinski definition) is 4. The Morgan fingerprint density at radius 1 is 1.19 bits per heavy atom. The van der Waals surface area contributed by atoms with E-state index >= 15 is 0 Å². The number of rotatable bonds is 4. The molecule has 8 heteroatoms. The third-order valence-electron chi connectivity index (χ3n) is 4.62. The zero-order valence-electron chi connectivity index (χ0n) is 14.8. The molecule has 0 saturated carbocycles. The third kappa shape index (κ3) is 3.85. The first-order chi connectivity index (χ1) is 12.7. The average Bonchev–Trinajstić information content (AvgIpc) is 2.90. The van der Waals surface area contributed by atoms with Gasteiger partial charge in [-0.3, -0.25) is 9.59 Å². The highest BCUT2D eigenvalue weighted by Crippen LogP contribution is 2.34. The molecule has 1 aliphatic heterocycles. The molecule has 0 bridgehead atoms. The summed E-state index contributed by atoms with van der Waals surface area (Å²) in [5, 5.41) is 2.56. The number of likely N-dealkylation sites (tertiary alicyclic amines) is 1. The van der Waals surface area contributed by atoms with Crippen molar-refractivity contribution in [2.75, 3.05) is 25.2 Å². The van der Waals surface area contributed by atoms with Crippen LogP contribution in [0.3, 0.4) is 0 Å². The number of hydrogen-bond donors (Lipinski definition) is 1. The van der Waals surface area contributed by atoms with Crippen LogP contribution in [0, 0.1) is 11.7 Å². The second-order valence-electron chi connectivity index (χ2n) is 6.62. The minimum absolute atomic E-state index is 0.0283. The Balaban J connectivity index is 1.94. The first kappa shape index (κ1) is 19.0. The zero-order chi connectivity index (χ0) is 19.8. The number of carbonyl (C=O) groups is 2. The van der Waals surface area contributed by atoms with Crippen molar-refractivity contribution in [3.8, 4) is 0 Å². The highest BCUT2D eigenvalue weighted by Gasteiger charge is 2.44. The predicted octanol–water partition coefficient (Wildman–Crippen LogP) is 2.04. The van der Waals surface area contributed by atoms with Crippen LogP contribution in [-0.2, 0) is 19.4 Å². The SMILES string of the molecule is CN1C[C@H](c2cccc(F)c2)[C@@H](C(=O)Nc2ccccc2S(C)(=O)=O)C1=O. The minimum Gasteiger partial charge on any atom is -0.344 e. The van der Waals surface area contributed by atoms with Gasteiger partial charge in [0.25, 0.3) is 0 Å². The van der Waals surface area contributed by atoms with Gasteiger partial charge in [-0.2, -0.15) is 0 Å². The number of nitrogens with one attached hydrogen (secondary N) is 1. The van der Waals surface area contributed by atoms with Crippen molar-refractivity contribution < 1.29 is 22.4 Å². The van der Waals surface area contributed by atoms with Crippen LogP contribution in [0.1, 0.15) is 11.5 Å². The molecule has 1 saturated heterocycles. The van der Waals surface area contributed by atoms with Gasteiger partial charge in [0.15, 0.2) is 9.84 Å². The standard InChI is InChI=1S/C19H19FN2O4S/c1-22-11-14(12-6-5-7-13(20)10-12)17(19(22)24)18(23)21-15-8-3-4-9-16(15)27(2,25)26/h3-10,14,17H,11H2,1-2H3,(H,21,23)/t14-,17+/m1/s1. The van der Waals surface area contributed by atoms with Crippen LogP contribution in [-0.4, -0.2) is 45.0 Å².